The van der Waals surface area contributed by atoms with Crippen molar-refractivity contribution in [2.24, 2.45) is 5.41 Å². The molecule has 0 saturated heterocycles. The van der Waals surface area contributed by atoms with Crippen molar-refractivity contribution in [3.8, 4) is 0 Å². The molecular weight excluding hydrogens is 108 g/mol. The predicted molar refractivity (Wildman–Crippen MR) is 27.5 cm³/mol. The molecule has 0 fully saturated rings. The molecule has 2 radical (unpaired) electrons. The predicted octanol–water partition coefficient (Wildman–Crippen LogP) is -0.778. The van der Waals surface area contributed by atoms with Crippen LogP contribution in [0.5, 0.6) is 0 Å². The van der Waals surface area contributed by atoms with Crippen molar-refractivity contribution in [1.82, 2.24) is 0 Å². The van der Waals surface area contributed by atoms with E-state index in [4.69, 9.17) is 10.2 Å². The van der Waals surface area contributed by atoms with Crippen LogP contribution in [-0.2, 0) is 5.11 Å². The number of aliphatic hydroxyl groups is 2. The molecular formula is C5H10O3. The van der Waals surface area contributed by atoms with Crippen molar-refractivity contribution in [2.45, 2.75) is 0 Å². The highest BCUT2D eigenvalue weighted by Gasteiger charge is 2.21. The van der Waals surface area contributed by atoms with Crippen LogP contribution in [0.1, 0.15) is 0 Å². The lowest BCUT2D eigenvalue weighted by atomic mass is 9.95. The van der Waals surface area contributed by atoms with Gasteiger partial charge in [0.15, 0.2) is 0 Å². The number of hydrogen-bond acceptors (Lipinski definition) is 2. The second-order valence-corrected chi connectivity index (χ2v) is 1.96. The van der Waals surface area contributed by atoms with Gasteiger partial charge in [-0.15, -0.1) is 0 Å². The standard InChI is InChI=1S/C5H10O3/c1-5(2-6,3-7)4-8/h6-7H,1-4H2. The molecule has 0 aliphatic carbocycles. The van der Waals surface area contributed by atoms with Gasteiger partial charge in [0.1, 0.15) is 0 Å². The van der Waals surface area contributed by atoms with Gasteiger partial charge in [-0.3, -0.25) is 0 Å². The van der Waals surface area contributed by atoms with E-state index in [1.165, 1.54) is 0 Å². The zero-order valence-electron chi connectivity index (χ0n) is 4.63. The van der Waals surface area contributed by atoms with Crippen LogP contribution >= 0.6 is 0 Å². The summed E-state index contributed by atoms with van der Waals surface area (Å²) in [5.74, 6) is 0. The van der Waals surface area contributed by atoms with Crippen LogP contribution in [0.25, 0.3) is 0 Å². The van der Waals surface area contributed by atoms with Gasteiger partial charge in [-0.2, -0.15) is 0 Å². The molecule has 48 valence electrons. The lowest BCUT2D eigenvalue weighted by Gasteiger charge is -2.18. The maximum atomic E-state index is 10.0. The number of hydrogen-bond donors (Lipinski definition) is 2. The van der Waals surface area contributed by atoms with Gasteiger partial charge in [-0.25, -0.2) is 5.11 Å². The zero-order valence-corrected chi connectivity index (χ0v) is 4.63. The Morgan fingerprint density at radius 2 is 1.75 bits per heavy atom. The fraction of sp³-hybridized carbons (Fsp3) is 0.800. The lowest BCUT2D eigenvalue weighted by molar-refractivity contribution is 0.0115. The van der Waals surface area contributed by atoms with Crippen LogP contribution in [0.15, 0.2) is 0 Å². The molecule has 0 atom stereocenters. The molecule has 0 heterocycles. The third kappa shape index (κ3) is 1.78. The lowest BCUT2D eigenvalue weighted by Crippen LogP contribution is -2.29. The van der Waals surface area contributed by atoms with E-state index >= 15 is 0 Å². The molecule has 0 aliphatic rings. The van der Waals surface area contributed by atoms with E-state index in [1.807, 2.05) is 0 Å². The molecule has 2 N–H and O–H groups in total. The monoisotopic (exact) mass is 118 g/mol. The Labute approximate surface area is 48.6 Å². The highest BCUT2D eigenvalue weighted by molar-refractivity contribution is 4.78. The maximum absolute atomic E-state index is 10.0. The maximum Gasteiger partial charge on any atom is 0.0922 e. The van der Waals surface area contributed by atoms with E-state index < -0.39 is 12.0 Å². The summed E-state index contributed by atoms with van der Waals surface area (Å²) in [6, 6.07) is 0. The van der Waals surface area contributed by atoms with Crippen LogP contribution in [-0.4, -0.2) is 30.0 Å². The van der Waals surface area contributed by atoms with Gasteiger partial charge in [0.05, 0.1) is 19.8 Å². The van der Waals surface area contributed by atoms with Crippen molar-refractivity contribution in [1.29, 1.82) is 0 Å². The molecule has 0 aromatic rings. The minimum absolute atomic E-state index is 0.354. The van der Waals surface area contributed by atoms with Gasteiger partial charge < -0.3 is 10.2 Å². The van der Waals surface area contributed by atoms with E-state index in [-0.39, 0.29) is 13.2 Å². The van der Waals surface area contributed by atoms with E-state index in [1.54, 1.807) is 0 Å². The summed E-state index contributed by atoms with van der Waals surface area (Å²) in [5.41, 5.74) is -1.07. The van der Waals surface area contributed by atoms with E-state index in [0.29, 0.717) is 0 Å². The van der Waals surface area contributed by atoms with Crippen molar-refractivity contribution in [3.63, 3.8) is 0 Å². The SMILES string of the molecule is [CH2]C(C[O])(CO)CO. The molecule has 3 nitrogen and oxygen atoms in total. The Kier molecular flexibility index (Phi) is 2.97. The minimum Gasteiger partial charge on any atom is -0.396 e. The third-order valence-corrected chi connectivity index (χ3v) is 0.977. The fourth-order valence-corrected chi connectivity index (χ4v) is 0.141. The highest BCUT2D eigenvalue weighted by Crippen LogP contribution is 2.10. The molecule has 8 heavy (non-hydrogen) atoms. The van der Waals surface area contributed by atoms with Gasteiger partial charge in [0.2, 0.25) is 0 Å². The zero-order chi connectivity index (χ0) is 6.62. The van der Waals surface area contributed by atoms with Crippen LogP contribution in [0.3, 0.4) is 0 Å². The normalized spacial score (nSPS) is 12.0. The average Bonchev–Trinajstić information content (AvgIpc) is 1.87. The first kappa shape index (κ1) is 7.88. The molecule has 0 aromatic carbocycles. The summed E-state index contributed by atoms with van der Waals surface area (Å²) < 4.78 is 0. The fourth-order valence-electron chi connectivity index (χ4n) is 0.141. The van der Waals surface area contributed by atoms with Crippen molar-refractivity contribution >= 4 is 0 Å². The van der Waals surface area contributed by atoms with E-state index in [9.17, 15) is 5.11 Å². The van der Waals surface area contributed by atoms with Crippen LogP contribution in [0.4, 0.5) is 0 Å². The second-order valence-electron chi connectivity index (χ2n) is 1.96. The molecule has 0 unspecified atom stereocenters. The van der Waals surface area contributed by atoms with Crippen molar-refractivity contribution in [3.05, 3.63) is 6.92 Å². The largest absolute Gasteiger partial charge is 0.396 e. The van der Waals surface area contributed by atoms with Gasteiger partial charge in [-0.1, -0.05) is 0 Å². The Balaban J connectivity index is 3.58. The molecule has 0 bridgehead atoms. The molecule has 0 spiro atoms. The first-order chi connectivity index (χ1) is 3.68. The van der Waals surface area contributed by atoms with Gasteiger partial charge in [0.25, 0.3) is 0 Å². The Hall–Kier alpha value is -0.120. The topological polar surface area (TPSA) is 60.4 Å². The van der Waals surface area contributed by atoms with Crippen LogP contribution in [0.2, 0.25) is 0 Å². The summed E-state index contributed by atoms with van der Waals surface area (Å²) in [5, 5.41) is 26.8. The van der Waals surface area contributed by atoms with Crippen molar-refractivity contribution < 1.29 is 15.3 Å². The van der Waals surface area contributed by atoms with E-state index in [0.717, 1.165) is 0 Å². The molecule has 0 aliphatic heterocycles. The average molecular weight is 118 g/mol. The Morgan fingerprint density at radius 3 is 1.75 bits per heavy atom. The quantitative estimate of drug-likeness (QED) is 0.510. The summed E-state index contributed by atoms with van der Waals surface area (Å²) >= 11 is 0. The Bertz CT molecular complexity index is 50.4. The second kappa shape index (κ2) is 3.02. The van der Waals surface area contributed by atoms with Gasteiger partial charge in [-0.05, 0) is 6.92 Å². The third-order valence-electron chi connectivity index (χ3n) is 0.977. The molecule has 0 aromatic heterocycles. The number of rotatable bonds is 3. The van der Waals surface area contributed by atoms with Crippen LogP contribution < -0.4 is 0 Å². The summed E-state index contributed by atoms with van der Waals surface area (Å²) in [4.78, 5) is 0. The smallest absolute Gasteiger partial charge is 0.0922 e. The first-order valence-electron chi connectivity index (χ1n) is 2.34. The molecule has 3 heteroatoms. The number of aliphatic hydroxyl groups excluding tert-OH is 2. The first-order valence-corrected chi connectivity index (χ1v) is 2.34. The summed E-state index contributed by atoms with van der Waals surface area (Å²) in [6.45, 7) is 2.06. The van der Waals surface area contributed by atoms with Gasteiger partial charge >= 0.3 is 0 Å². The van der Waals surface area contributed by atoms with E-state index in [2.05, 4.69) is 6.92 Å². The van der Waals surface area contributed by atoms with Crippen molar-refractivity contribution in [2.75, 3.05) is 19.8 Å². The molecule has 0 amide bonds. The van der Waals surface area contributed by atoms with Crippen LogP contribution in [0, 0.1) is 12.3 Å². The minimum atomic E-state index is -1.07. The summed E-state index contributed by atoms with van der Waals surface area (Å²) in [6.07, 6.45) is 0. The Morgan fingerprint density at radius 1 is 1.38 bits per heavy atom. The molecule has 0 rings (SSSR count). The summed E-state index contributed by atoms with van der Waals surface area (Å²) in [7, 11) is 0. The highest BCUT2D eigenvalue weighted by atomic mass is 16.3. The van der Waals surface area contributed by atoms with Gasteiger partial charge in [0, 0.05) is 5.41 Å². The molecule has 0 saturated carbocycles.